The van der Waals surface area contributed by atoms with Crippen LogP contribution in [0.2, 0.25) is 0 Å². The number of ether oxygens (including phenoxy) is 4. The molecule has 0 aromatic heterocycles. The summed E-state index contributed by atoms with van der Waals surface area (Å²) in [4.78, 5) is 23.8. The van der Waals surface area contributed by atoms with Gasteiger partial charge < -0.3 is 18.9 Å². The monoisotopic (exact) mass is 372 g/mol. The molecule has 144 valence electrons. The molecule has 0 spiro atoms. The molecule has 0 aliphatic carbocycles. The first-order valence-corrected chi connectivity index (χ1v) is 8.75. The van der Waals surface area contributed by atoms with E-state index in [1.165, 1.54) is 24.3 Å². The van der Waals surface area contributed by atoms with Gasteiger partial charge in [0.1, 0.15) is 18.1 Å². The summed E-state index contributed by atoms with van der Waals surface area (Å²) in [6.45, 7) is 6.77. The van der Waals surface area contributed by atoms with Crippen LogP contribution in [-0.4, -0.2) is 38.4 Å². The van der Waals surface area contributed by atoms with Gasteiger partial charge in [-0.3, -0.25) is 0 Å². The average Bonchev–Trinajstić information content (AvgIpc) is 2.66. The third kappa shape index (κ3) is 6.75. The van der Waals surface area contributed by atoms with Gasteiger partial charge in [-0.15, -0.1) is 0 Å². The van der Waals surface area contributed by atoms with Crippen LogP contribution in [0.5, 0.6) is 11.5 Å². The SMILES string of the molecule is CCOCCOC(=O)c1ccc(OC(=O)COc2ccc(C)c(C)c2)cc1. The molecule has 0 bridgehead atoms. The summed E-state index contributed by atoms with van der Waals surface area (Å²) < 4.78 is 20.8. The van der Waals surface area contributed by atoms with Crippen molar-refractivity contribution in [2.45, 2.75) is 20.8 Å². The molecule has 0 saturated heterocycles. The van der Waals surface area contributed by atoms with E-state index in [2.05, 4.69) is 0 Å². The fourth-order valence-corrected chi connectivity index (χ4v) is 2.19. The zero-order chi connectivity index (χ0) is 19.6. The number of rotatable bonds is 9. The fraction of sp³-hybridized carbons (Fsp3) is 0.333. The maximum atomic E-state index is 11.9. The van der Waals surface area contributed by atoms with Crippen molar-refractivity contribution in [3.05, 3.63) is 59.2 Å². The molecule has 27 heavy (non-hydrogen) atoms. The van der Waals surface area contributed by atoms with Crippen LogP contribution in [0.15, 0.2) is 42.5 Å². The second kappa shape index (κ2) is 10.3. The first-order chi connectivity index (χ1) is 13.0. The van der Waals surface area contributed by atoms with E-state index in [1.54, 1.807) is 0 Å². The zero-order valence-corrected chi connectivity index (χ0v) is 15.8. The van der Waals surface area contributed by atoms with Crippen LogP contribution in [0.3, 0.4) is 0 Å². The number of hydrogen-bond donors (Lipinski definition) is 0. The molecule has 0 atom stereocenters. The Labute approximate surface area is 159 Å². The molecule has 0 N–H and O–H groups in total. The summed E-state index contributed by atoms with van der Waals surface area (Å²) in [6, 6.07) is 11.8. The molecule has 0 unspecified atom stereocenters. The number of esters is 2. The number of carbonyl (C=O) groups excluding carboxylic acids is 2. The third-order valence-electron chi connectivity index (χ3n) is 3.82. The Kier molecular flexibility index (Phi) is 7.82. The molecule has 0 radical (unpaired) electrons. The number of carbonyl (C=O) groups is 2. The first-order valence-electron chi connectivity index (χ1n) is 8.75. The van der Waals surface area contributed by atoms with Crippen LogP contribution in [0.25, 0.3) is 0 Å². The average molecular weight is 372 g/mol. The largest absolute Gasteiger partial charge is 0.482 e. The molecule has 2 aromatic rings. The first kappa shape index (κ1) is 20.5. The van der Waals surface area contributed by atoms with Crippen molar-refractivity contribution < 1.29 is 28.5 Å². The van der Waals surface area contributed by atoms with Crippen molar-refractivity contribution in [1.29, 1.82) is 0 Å². The summed E-state index contributed by atoms with van der Waals surface area (Å²) in [5.41, 5.74) is 2.61. The number of benzene rings is 2. The minimum absolute atomic E-state index is 0.194. The molecule has 6 heteroatoms. The Hall–Kier alpha value is -2.86. The normalized spacial score (nSPS) is 10.3. The topological polar surface area (TPSA) is 71.1 Å². The van der Waals surface area contributed by atoms with Crippen LogP contribution >= 0.6 is 0 Å². The molecule has 0 fully saturated rings. The van der Waals surface area contributed by atoms with Crippen molar-refractivity contribution in [3.8, 4) is 11.5 Å². The predicted octanol–water partition coefficient (Wildman–Crippen LogP) is 3.48. The summed E-state index contributed by atoms with van der Waals surface area (Å²) in [7, 11) is 0. The van der Waals surface area contributed by atoms with E-state index in [1.807, 2.05) is 39.0 Å². The van der Waals surface area contributed by atoms with Gasteiger partial charge in [-0.1, -0.05) is 6.07 Å². The maximum Gasteiger partial charge on any atom is 0.349 e. The van der Waals surface area contributed by atoms with Crippen LogP contribution in [0.4, 0.5) is 0 Å². The van der Waals surface area contributed by atoms with Crippen molar-refractivity contribution in [2.24, 2.45) is 0 Å². The van der Waals surface area contributed by atoms with Crippen LogP contribution in [0.1, 0.15) is 28.4 Å². The Morgan fingerprint density at radius 1 is 0.889 bits per heavy atom. The molecule has 2 aromatic carbocycles. The third-order valence-corrected chi connectivity index (χ3v) is 3.82. The van der Waals surface area contributed by atoms with E-state index in [0.29, 0.717) is 30.3 Å². The molecule has 6 nitrogen and oxygen atoms in total. The van der Waals surface area contributed by atoms with Gasteiger partial charge in [0.05, 0.1) is 12.2 Å². The maximum absolute atomic E-state index is 11.9. The van der Waals surface area contributed by atoms with E-state index in [4.69, 9.17) is 18.9 Å². The van der Waals surface area contributed by atoms with Gasteiger partial charge in [0.25, 0.3) is 0 Å². The fourth-order valence-electron chi connectivity index (χ4n) is 2.19. The number of aryl methyl sites for hydroxylation is 2. The minimum Gasteiger partial charge on any atom is -0.482 e. The van der Waals surface area contributed by atoms with Gasteiger partial charge in [0.15, 0.2) is 6.61 Å². The molecule has 0 aliphatic heterocycles. The Balaban J connectivity index is 1.80. The Morgan fingerprint density at radius 2 is 1.59 bits per heavy atom. The Bertz CT molecular complexity index is 767. The Morgan fingerprint density at radius 3 is 2.26 bits per heavy atom. The van der Waals surface area contributed by atoms with E-state index < -0.39 is 11.9 Å². The van der Waals surface area contributed by atoms with Crippen molar-refractivity contribution in [1.82, 2.24) is 0 Å². The molecular weight excluding hydrogens is 348 g/mol. The predicted molar refractivity (Wildman–Crippen MR) is 100 cm³/mol. The van der Waals surface area contributed by atoms with Gasteiger partial charge in [0, 0.05) is 6.61 Å². The van der Waals surface area contributed by atoms with Crippen molar-refractivity contribution >= 4 is 11.9 Å². The number of hydrogen-bond acceptors (Lipinski definition) is 6. The molecule has 0 amide bonds. The van der Waals surface area contributed by atoms with Crippen molar-refractivity contribution in [2.75, 3.05) is 26.4 Å². The highest BCUT2D eigenvalue weighted by Gasteiger charge is 2.10. The lowest BCUT2D eigenvalue weighted by molar-refractivity contribution is -0.136. The lowest BCUT2D eigenvalue weighted by atomic mass is 10.1. The molecule has 0 saturated carbocycles. The molecule has 0 heterocycles. The summed E-state index contributed by atoms with van der Waals surface area (Å²) in [5, 5.41) is 0. The standard InChI is InChI=1S/C21H24O6/c1-4-24-11-12-25-21(23)17-6-9-18(10-7-17)27-20(22)14-26-19-8-5-15(2)16(3)13-19/h5-10,13H,4,11-12,14H2,1-3H3. The van der Waals surface area contributed by atoms with E-state index >= 15 is 0 Å². The molecular formula is C21H24O6. The quantitative estimate of drug-likeness (QED) is 0.381. The van der Waals surface area contributed by atoms with Crippen LogP contribution in [-0.2, 0) is 14.3 Å². The van der Waals surface area contributed by atoms with Crippen molar-refractivity contribution in [3.63, 3.8) is 0 Å². The summed E-state index contributed by atoms with van der Waals surface area (Å²) in [5.74, 6) is -0.0410. The van der Waals surface area contributed by atoms with Gasteiger partial charge >= 0.3 is 11.9 Å². The summed E-state index contributed by atoms with van der Waals surface area (Å²) in [6.07, 6.45) is 0. The van der Waals surface area contributed by atoms with Crippen LogP contribution < -0.4 is 9.47 Å². The molecule has 2 rings (SSSR count). The minimum atomic E-state index is -0.528. The highest BCUT2D eigenvalue weighted by Crippen LogP contribution is 2.17. The van der Waals surface area contributed by atoms with Gasteiger partial charge in [-0.05, 0) is 68.3 Å². The van der Waals surface area contributed by atoms with Crippen LogP contribution in [0, 0.1) is 13.8 Å². The summed E-state index contributed by atoms with van der Waals surface area (Å²) >= 11 is 0. The second-order valence-corrected chi connectivity index (χ2v) is 5.87. The highest BCUT2D eigenvalue weighted by molar-refractivity contribution is 5.89. The lowest BCUT2D eigenvalue weighted by Crippen LogP contribution is -2.17. The second-order valence-electron chi connectivity index (χ2n) is 5.87. The molecule has 0 aliphatic rings. The zero-order valence-electron chi connectivity index (χ0n) is 15.8. The van der Waals surface area contributed by atoms with Gasteiger partial charge in [0.2, 0.25) is 0 Å². The van der Waals surface area contributed by atoms with E-state index in [0.717, 1.165) is 11.1 Å². The lowest BCUT2D eigenvalue weighted by Gasteiger charge is -2.09. The smallest absolute Gasteiger partial charge is 0.349 e. The van der Waals surface area contributed by atoms with E-state index in [-0.39, 0.29) is 13.2 Å². The van der Waals surface area contributed by atoms with Gasteiger partial charge in [-0.2, -0.15) is 0 Å². The van der Waals surface area contributed by atoms with E-state index in [9.17, 15) is 9.59 Å². The van der Waals surface area contributed by atoms with Gasteiger partial charge in [-0.25, -0.2) is 9.59 Å². The highest BCUT2D eigenvalue weighted by atomic mass is 16.6.